The summed E-state index contributed by atoms with van der Waals surface area (Å²) in [6.07, 6.45) is 3.97. The smallest absolute Gasteiger partial charge is 0.168 e. The van der Waals surface area contributed by atoms with Crippen LogP contribution < -0.4 is 0 Å². The van der Waals surface area contributed by atoms with Gasteiger partial charge in [-0.3, -0.25) is 9.69 Å². The van der Waals surface area contributed by atoms with Gasteiger partial charge in [-0.25, -0.2) is 0 Å². The molecule has 1 atom stereocenters. The van der Waals surface area contributed by atoms with Gasteiger partial charge in [-0.1, -0.05) is 18.2 Å². The SMILES string of the molecule is CSc1ccccc1C(=O)C1CCCN(Cc2ccc(CO)o2)C1. The second kappa shape index (κ2) is 8.01. The minimum atomic E-state index is -0.0768. The number of thioether (sulfide) groups is 1. The van der Waals surface area contributed by atoms with Gasteiger partial charge in [-0.2, -0.15) is 0 Å². The van der Waals surface area contributed by atoms with Crippen LogP contribution in [0.25, 0.3) is 0 Å². The number of benzene rings is 1. The lowest BCUT2D eigenvalue weighted by Gasteiger charge is -2.31. The molecule has 0 radical (unpaired) electrons. The molecule has 3 rings (SSSR count). The van der Waals surface area contributed by atoms with E-state index in [0.717, 1.165) is 42.2 Å². The van der Waals surface area contributed by atoms with Crippen LogP contribution in [-0.2, 0) is 13.2 Å². The molecule has 1 saturated heterocycles. The average molecular weight is 345 g/mol. The van der Waals surface area contributed by atoms with Crippen molar-refractivity contribution in [2.45, 2.75) is 30.9 Å². The lowest BCUT2D eigenvalue weighted by molar-refractivity contribution is 0.0798. The molecule has 2 aromatic rings. The number of carbonyl (C=O) groups excluding carboxylic acids is 1. The first-order valence-corrected chi connectivity index (χ1v) is 9.51. The third kappa shape index (κ3) is 3.91. The third-order valence-electron chi connectivity index (χ3n) is 4.50. The minimum Gasteiger partial charge on any atom is -0.462 e. The van der Waals surface area contributed by atoms with Crippen LogP contribution >= 0.6 is 11.8 Å². The standard InChI is InChI=1S/C19H23NO3S/c1-24-18-7-3-2-6-17(18)19(22)14-5-4-10-20(11-14)12-15-8-9-16(13-21)23-15/h2-3,6-9,14,21H,4-5,10-13H2,1H3. The van der Waals surface area contributed by atoms with Gasteiger partial charge < -0.3 is 9.52 Å². The summed E-state index contributed by atoms with van der Waals surface area (Å²) in [5, 5.41) is 9.09. The molecule has 0 saturated carbocycles. The monoisotopic (exact) mass is 345 g/mol. The van der Waals surface area contributed by atoms with Crippen molar-refractivity contribution < 1.29 is 14.3 Å². The highest BCUT2D eigenvalue weighted by molar-refractivity contribution is 7.98. The van der Waals surface area contributed by atoms with E-state index in [1.54, 1.807) is 17.8 Å². The predicted molar refractivity (Wildman–Crippen MR) is 95.2 cm³/mol. The number of aliphatic hydroxyl groups excluding tert-OH is 1. The van der Waals surface area contributed by atoms with Crippen LogP contribution in [0.2, 0.25) is 0 Å². The van der Waals surface area contributed by atoms with Crippen molar-refractivity contribution >= 4 is 17.5 Å². The van der Waals surface area contributed by atoms with Crippen molar-refractivity contribution in [2.24, 2.45) is 5.92 Å². The molecule has 1 fully saturated rings. The number of likely N-dealkylation sites (tertiary alicyclic amines) is 1. The van der Waals surface area contributed by atoms with E-state index in [1.807, 2.05) is 36.6 Å². The largest absolute Gasteiger partial charge is 0.462 e. The first kappa shape index (κ1) is 17.3. The molecule has 1 unspecified atom stereocenters. The summed E-state index contributed by atoms with van der Waals surface area (Å²) in [5.74, 6) is 1.72. The molecule has 1 N–H and O–H groups in total. The Bertz CT molecular complexity index is 697. The summed E-state index contributed by atoms with van der Waals surface area (Å²) in [6, 6.07) is 11.6. The number of Topliss-reactive ketones (excluding diaryl/α,β-unsaturated/α-hetero) is 1. The molecule has 0 amide bonds. The Morgan fingerprint density at radius 3 is 2.83 bits per heavy atom. The van der Waals surface area contributed by atoms with Gasteiger partial charge in [-0.05, 0) is 43.8 Å². The Morgan fingerprint density at radius 2 is 2.08 bits per heavy atom. The van der Waals surface area contributed by atoms with E-state index in [-0.39, 0.29) is 18.3 Å². The van der Waals surface area contributed by atoms with Crippen molar-refractivity contribution in [2.75, 3.05) is 19.3 Å². The van der Waals surface area contributed by atoms with Crippen LogP contribution in [-0.4, -0.2) is 35.1 Å². The van der Waals surface area contributed by atoms with Crippen molar-refractivity contribution in [3.05, 3.63) is 53.5 Å². The van der Waals surface area contributed by atoms with Gasteiger partial charge in [0.15, 0.2) is 5.78 Å². The fourth-order valence-corrected chi connectivity index (χ4v) is 3.90. The quantitative estimate of drug-likeness (QED) is 0.640. The highest BCUT2D eigenvalue weighted by Crippen LogP contribution is 2.27. The first-order chi connectivity index (χ1) is 11.7. The van der Waals surface area contributed by atoms with Gasteiger partial charge in [0, 0.05) is 22.9 Å². The zero-order chi connectivity index (χ0) is 16.9. The van der Waals surface area contributed by atoms with Gasteiger partial charge >= 0.3 is 0 Å². The molecule has 0 aliphatic carbocycles. The fraction of sp³-hybridized carbons (Fsp3) is 0.421. The summed E-state index contributed by atoms with van der Waals surface area (Å²) in [4.78, 5) is 16.3. The number of piperidine rings is 1. The van der Waals surface area contributed by atoms with Gasteiger partial charge in [0.1, 0.15) is 18.1 Å². The Morgan fingerprint density at radius 1 is 1.29 bits per heavy atom. The van der Waals surface area contributed by atoms with Crippen LogP contribution in [0.4, 0.5) is 0 Å². The number of nitrogens with zero attached hydrogens (tertiary/aromatic N) is 1. The molecule has 0 spiro atoms. The number of hydrogen-bond donors (Lipinski definition) is 1. The molecule has 2 heterocycles. The zero-order valence-electron chi connectivity index (χ0n) is 13.9. The van der Waals surface area contributed by atoms with Crippen molar-refractivity contribution in [3.63, 3.8) is 0 Å². The van der Waals surface area contributed by atoms with E-state index in [4.69, 9.17) is 9.52 Å². The summed E-state index contributed by atoms with van der Waals surface area (Å²) in [5.41, 5.74) is 0.845. The Balaban J connectivity index is 1.67. The van der Waals surface area contributed by atoms with Crippen molar-refractivity contribution in [1.29, 1.82) is 0 Å². The number of carbonyl (C=O) groups is 1. The zero-order valence-corrected chi connectivity index (χ0v) is 14.7. The normalized spacial score (nSPS) is 18.7. The lowest BCUT2D eigenvalue weighted by Crippen LogP contribution is -2.38. The molecule has 1 aliphatic rings. The number of aliphatic hydroxyl groups is 1. The maximum atomic E-state index is 12.9. The average Bonchev–Trinajstić information content (AvgIpc) is 3.09. The molecule has 4 nitrogen and oxygen atoms in total. The van der Waals surface area contributed by atoms with Crippen LogP contribution in [0.5, 0.6) is 0 Å². The second-order valence-corrected chi connectivity index (χ2v) is 7.01. The molecule has 1 aromatic heterocycles. The highest BCUT2D eigenvalue weighted by Gasteiger charge is 2.28. The summed E-state index contributed by atoms with van der Waals surface area (Å²) in [6.45, 7) is 2.35. The summed E-state index contributed by atoms with van der Waals surface area (Å²) >= 11 is 1.62. The number of hydrogen-bond acceptors (Lipinski definition) is 5. The van der Waals surface area contributed by atoms with Crippen LogP contribution in [0, 0.1) is 5.92 Å². The molecule has 1 aromatic carbocycles. The van der Waals surface area contributed by atoms with E-state index in [9.17, 15) is 4.79 Å². The van der Waals surface area contributed by atoms with E-state index >= 15 is 0 Å². The van der Waals surface area contributed by atoms with Crippen LogP contribution in [0.1, 0.15) is 34.7 Å². The summed E-state index contributed by atoms with van der Waals surface area (Å²) < 4.78 is 5.57. The molecule has 24 heavy (non-hydrogen) atoms. The second-order valence-electron chi connectivity index (χ2n) is 6.16. The number of furan rings is 1. The first-order valence-electron chi connectivity index (χ1n) is 8.29. The Kier molecular flexibility index (Phi) is 5.76. The van der Waals surface area contributed by atoms with E-state index in [1.165, 1.54) is 0 Å². The number of ketones is 1. The van der Waals surface area contributed by atoms with Crippen LogP contribution in [0.15, 0.2) is 45.7 Å². The Hall–Kier alpha value is -1.56. The fourth-order valence-electron chi connectivity index (χ4n) is 3.29. The lowest BCUT2D eigenvalue weighted by atomic mass is 9.90. The van der Waals surface area contributed by atoms with Gasteiger partial charge in [0.05, 0.1) is 6.54 Å². The van der Waals surface area contributed by atoms with E-state index in [2.05, 4.69) is 4.90 Å². The molecule has 0 bridgehead atoms. The van der Waals surface area contributed by atoms with Gasteiger partial charge in [0.2, 0.25) is 0 Å². The molecular weight excluding hydrogens is 322 g/mol. The maximum absolute atomic E-state index is 12.9. The Labute approximate surface area is 146 Å². The number of rotatable bonds is 6. The topological polar surface area (TPSA) is 53.7 Å². The maximum Gasteiger partial charge on any atom is 0.168 e. The van der Waals surface area contributed by atoms with Crippen molar-refractivity contribution in [3.8, 4) is 0 Å². The minimum absolute atomic E-state index is 0.0410. The van der Waals surface area contributed by atoms with E-state index in [0.29, 0.717) is 12.3 Å². The summed E-state index contributed by atoms with van der Waals surface area (Å²) in [7, 11) is 0. The van der Waals surface area contributed by atoms with Crippen molar-refractivity contribution in [1.82, 2.24) is 4.90 Å². The van der Waals surface area contributed by atoms with Crippen LogP contribution in [0.3, 0.4) is 0 Å². The highest BCUT2D eigenvalue weighted by atomic mass is 32.2. The molecule has 5 heteroatoms. The van der Waals surface area contributed by atoms with Gasteiger partial charge in [-0.15, -0.1) is 11.8 Å². The van der Waals surface area contributed by atoms with E-state index < -0.39 is 0 Å². The molecular formula is C19H23NO3S. The molecule has 128 valence electrons. The molecule has 1 aliphatic heterocycles. The van der Waals surface area contributed by atoms with Gasteiger partial charge in [0.25, 0.3) is 0 Å². The predicted octanol–water partition coefficient (Wildman–Crippen LogP) is 3.59. The third-order valence-corrected chi connectivity index (χ3v) is 5.30.